The van der Waals surface area contributed by atoms with Crippen molar-refractivity contribution in [3.8, 4) is 0 Å². The lowest BCUT2D eigenvalue weighted by atomic mass is 10.1. The first-order chi connectivity index (χ1) is 8.70. The maximum Gasteiger partial charge on any atom is 0.256 e. The molecule has 1 aromatic heterocycles. The van der Waals surface area contributed by atoms with Crippen LogP contribution in [0, 0.1) is 6.92 Å². The average Bonchev–Trinajstić information content (AvgIpc) is 2.39. The number of nitrogens with one attached hydrogen (secondary N) is 1. The van der Waals surface area contributed by atoms with E-state index in [1.54, 1.807) is 18.3 Å². The molecule has 0 unspecified atom stereocenters. The molecule has 0 aliphatic heterocycles. The van der Waals surface area contributed by atoms with Crippen molar-refractivity contribution in [3.63, 3.8) is 0 Å². The number of hydrogen-bond donors (Lipinski definition) is 2. The summed E-state index contributed by atoms with van der Waals surface area (Å²) in [5.74, 6) is 0.346. The Balaban J connectivity index is 2.21. The number of pyridine rings is 1. The lowest BCUT2D eigenvalue weighted by molar-refractivity contribution is 0.102. The minimum absolute atomic E-state index is 0.174. The molecule has 1 amide bonds. The van der Waals surface area contributed by atoms with Gasteiger partial charge in [-0.3, -0.25) is 4.79 Å². The fourth-order valence-electron chi connectivity index (χ4n) is 1.68. The zero-order chi connectivity index (χ0) is 13.0. The molecule has 0 aliphatic rings. The number of aromatic nitrogens is 1. The van der Waals surface area contributed by atoms with Gasteiger partial charge in [0, 0.05) is 23.9 Å². The number of anilines is 1. The van der Waals surface area contributed by atoms with Crippen molar-refractivity contribution in [2.45, 2.75) is 13.5 Å². The smallest absolute Gasteiger partial charge is 0.256 e. The van der Waals surface area contributed by atoms with Crippen LogP contribution >= 0.6 is 0 Å². The Morgan fingerprint density at radius 2 is 2.17 bits per heavy atom. The summed E-state index contributed by atoms with van der Waals surface area (Å²) in [6.07, 6.45) is 1.63. The topological polar surface area (TPSA) is 68.0 Å². The van der Waals surface area contributed by atoms with Gasteiger partial charge in [0.05, 0.1) is 0 Å². The summed E-state index contributed by atoms with van der Waals surface area (Å²) < 4.78 is 0. The number of nitrogens with zero attached hydrogens (tertiary/aromatic N) is 1. The number of nitrogens with two attached hydrogens (primary N) is 1. The third-order valence-electron chi connectivity index (χ3n) is 2.62. The minimum atomic E-state index is -0.174. The summed E-state index contributed by atoms with van der Waals surface area (Å²) >= 11 is 0. The maximum atomic E-state index is 12.0. The van der Waals surface area contributed by atoms with Gasteiger partial charge < -0.3 is 11.1 Å². The fourth-order valence-corrected chi connectivity index (χ4v) is 1.68. The third kappa shape index (κ3) is 2.73. The largest absolute Gasteiger partial charge is 0.326 e. The average molecular weight is 241 g/mol. The normalized spacial score (nSPS) is 10.1. The van der Waals surface area contributed by atoms with Crippen LogP contribution in [0.5, 0.6) is 0 Å². The molecule has 0 spiro atoms. The Bertz CT molecular complexity index is 566. The molecule has 92 valence electrons. The monoisotopic (exact) mass is 241 g/mol. The van der Waals surface area contributed by atoms with Crippen molar-refractivity contribution in [2.75, 3.05) is 5.32 Å². The number of amides is 1. The third-order valence-corrected chi connectivity index (χ3v) is 2.62. The van der Waals surface area contributed by atoms with Gasteiger partial charge >= 0.3 is 0 Å². The van der Waals surface area contributed by atoms with E-state index < -0.39 is 0 Å². The van der Waals surface area contributed by atoms with Gasteiger partial charge in [-0.25, -0.2) is 4.98 Å². The van der Waals surface area contributed by atoms with E-state index in [9.17, 15) is 4.79 Å². The van der Waals surface area contributed by atoms with E-state index in [1.165, 1.54) is 0 Å². The maximum absolute atomic E-state index is 12.0. The van der Waals surface area contributed by atoms with Gasteiger partial charge in [0.25, 0.3) is 5.91 Å². The van der Waals surface area contributed by atoms with Crippen molar-refractivity contribution >= 4 is 11.7 Å². The molecule has 0 bridgehead atoms. The van der Waals surface area contributed by atoms with E-state index in [0.29, 0.717) is 17.9 Å². The molecule has 0 fully saturated rings. The molecule has 4 nitrogen and oxygen atoms in total. The van der Waals surface area contributed by atoms with Crippen LogP contribution in [0.2, 0.25) is 0 Å². The molecular formula is C14H15N3O. The van der Waals surface area contributed by atoms with Gasteiger partial charge in [-0.05, 0) is 25.1 Å². The van der Waals surface area contributed by atoms with Crippen LogP contribution in [0.3, 0.4) is 0 Å². The van der Waals surface area contributed by atoms with E-state index >= 15 is 0 Å². The molecule has 4 heteroatoms. The van der Waals surface area contributed by atoms with Crippen LogP contribution in [0.25, 0.3) is 0 Å². The predicted octanol–water partition coefficient (Wildman–Crippen LogP) is 2.10. The van der Waals surface area contributed by atoms with E-state index in [1.807, 2.05) is 31.2 Å². The molecule has 0 saturated carbocycles. The van der Waals surface area contributed by atoms with Gasteiger partial charge in [0.1, 0.15) is 5.82 Å². The number of aryl methyl sites for hydroxylation is 1. The molecule has 0 saturated heterocycles. The van der Waals surface area contributed by atoms with Crippen molar-refractivity contribution in [2.24, 2.45) is 5.73 Å². The van der Waals surface area contributed by atoms with Gasteiger partial charge in [-0.15, -0.1) is 0 Å². The second kappa shape index (κ2) is 5.42. The van der Waals surface area contributed by atoms with Gasteiger partial charge in [-0.1, -0.05) is 23.8 Å². The minimum Gasteiger partial charge on any atom is -0.326 e. The summed E-state index contributed by atoms with van der Waals surface area (Å²) in [5.41, 5.74) is 8.07. The second-order valence-electron chi connectivity index (χ2n) is 4.04. The Labute approximate surface area is 106 Å². The number of carbonyl (C=O) groups excluding carboxylic acids is 1. The molecule has 0 radical (unpaired) electrons. The molecule has 0 atom stereocenters. The van der Waals surface area contributed by atoms with Gasteiger partial charge in [0.15, 0.2) is 0 Å². The van der Waals surface area contributed by atoms with Crippen molar-refractivity contribution in [1.29, 1.82) is 0 Å². The highest BCUT2D eigenvalue weighted by atomic mass is 16.1. The fraction of sp³-hybridized carbons (Fsp3) is 0.143. The predicted molar refractivity (Wildman–Crippen MR) is 71.3 cm³/mol. The summed E-state index contributed by atoms with van der Waals surface area (Å²) in [5, 5.41) is 2.77. The lowest BCUT2D eigenvalue weighted by Crippen LogP contribution is -2.15. The first kappa shape index (κ1) is 12.3. The van der Waals surface area contributed by atoms with Crippen LogP contribution in [-0.4, -0.2) is 10.9 Å². The highest BCUT2D eigenvalue weighted by molar-refractivity contribution is 6.04. The zero-order valence-corrected chi connectivity index (χ0v) is 10.2. The standard InChI is InChI=1S/C14H15N3O/c1-10-4-2-5-11(8-10)14(18)17-13-12(9-15)6-3-7-16-13/h2-8H,9,15H2,1H3,(H,16,17,18). The molecule has 2 aromatic rings. The zero-order valence-electron chi connectivity index (χ0n) is 10.2. The van der Waals surface area contributed by atoms with Crippen LogP contribution in [-0.2, 0) is 6.54 Å². The van der Waals surface area contributed by atoms with Crippen LogP contribution in [0.4, 0.5) is 5.82 Å². The van der Waals surface area contributed by atoms with E-state index in [2.05, 4.69) is 10.3 Å². The second-order valence-corrected chi connectivity index (χ2v) is 4.04. The van der Waals surface area contributed by atoms with Crippen LogP contribution in [0.15, 0.2) is 42.6 Å². The highest BCUT2D eigenvalue weighted by Gasteiger charge is 2.09. The first-order valence-corrected chi connectivity index (χ1v) is 5.72. The molecule has 1 heterocycles. The van der Waals surface area contributed by atoms with E-state index in [0.717, 1.165) is 11.1 Å². The number of hydrogen-bond acceptors (Lipinski definition) is 3. The van der Waals surface area contributed by atoms with Gasteiger partial charge in [0.2, 0.25) is 0 Å². The Morgan fingerprint density at radius 3 is 2.89 bits per heavy atom. The number of rotatable bonds is 3. The van der Waals surface area contributed by atoms with Crippen LogP contribution in [0.1, 0.15) is 21.5 Å². The Hall–Kier alpha value is -2.20. The molecule has 0 aliphatic carbocycles. The van der Waals surface area contributed by atoms with E-state index in [4.69, 9.17) is 5.73 Å². The molecule has 2 rings (SSSR count). The molecule has 18 heavy (non-hydrogen) atoms. The van der Waals surface area contributed by atoms with E-state index in [-0.39, 0.29) is 5.91 Å². The first-order valence-electron chi connectivity index (χ1n) is 5.72. The van der Waals surface area contributed by atoms with Crippen LogP contribution < -0.4 is 11.1 Å². The van der Waals surface area contributed by atoms with Crippen molar-refractivity contribution < 1.29 is 4.79 Å². The number of carbonyl (C=O) groups is 1. The molecular weight excluding hydrogens is 226 g/mol. The molecule has 1 aromatic carbocycles. The highest BCUT2D eigenvalue weighted by Crippen LogP contribution is 2.12. The Morgan fingerprint density at radius 1 is 1.33 bits per heavy atom. The number of benzene rings is 1. The lowest BCUT2D eigenvalue weighted by Gasteiger charge is -2.08. The molecule has 3 N–H and O–H groups in total. The Kier molecular flexibility index (Phi) is 3.69. The quantitative estimate of drug-likeness (QED) is 0.864. The summed E-state index contributed by atoms with van der Waals surface area (Å²) in [6, 6.07) is 11.0. The summed E-state index contributed by atoms with van der Waals surface area (Å²) in [4.78, 5) is 16.2. The summed E-state index contributed by atoms with van der Waals surface area (Å²) in [7, 11) is 0. The van der Waals surface area contributed by atoms with Crippen molar-refractivity contribution in [1.82, 2.24) is 4.98 Å². The van der Waals surface area contributed by atoms with Gasteiger partial charge in [-0.2, -0.15) is 0 Å². The SMILES string of the molecule is Cc1cccc(C(=O)Nc2ncccc2CN)c1. The summed E-state index contributed by atoms with van der Waals surface area (Å²) in [6.45, 7) is 2.29. The van der Waals surface area contributed by atoms with Crippen molar-refractivity contribution in [3.05, 3.63) is 59.3 Å².